The van der Waals surface area contributed by atoms with E-state index in [4.69, 9.17) is 4.74 Å². The van der Waals surface area contributed by atoms with Gasteiger partial charge in [0.15, 0.2) is 0 Å². The molecule has 5 rings (SSSR count). The Balaban J connectivity index is 1.31. The standard InChI is InChI=1S/C28H32N4O4/c33-26-16-24(20-10-4-1-5-11-20)31(27(34)21-12-6-2-7-13-21)18-25(26)32-17-23(29-30-32)19-36-28(35)22-14-8-3-9-15-22/h1,3-5,8-11,14-15,17,21,24-26,33H,2,6-7,12-13,16,18-19H2. The van der Waals surface area contributed by atoms with Crippen LogP contribution in [0.5, 0.6) is 0 Å². The molecule has 3 aromatic rings. The maximum absolute atomic E-state index is 13.7. The minimum absolute atomic E-state index is 0.0199. The Hall–Kier alpha value is -3.52. The zero-order chi connectivity index (χ0) is 24.9. The summed E-state index contributed by atoms with van der Waals surface area (Å²) in [5.41, 5.74) is 1.99. The van der Waals surface area contributed by atoms with Crippen molar-refractivity contribution in [3.05, 3.63) is 83.7 Å². The van der Waals surface area contributed by atoms with Gasteiger partial charge in [0, 0.05) is 18.9 Å². The van der Waals surface area contributed by atoms with Crippen LogP contribution in [0.3, 0.4) is 0 Å². The number of aliphatic hydroxyl groups is 1. The van der Waals surface area contributed by atoms with Crippen molar-refractivity contribution in [3.63, 3.8) is 0 Å². The predicted molar refractivity (Wildman–Crippen MR) is 133 cm³/mol. The Morgan fingerprint density at radius 1 is 0.972 bits per heavy atom. The van der Waals surface area contributed by atoms with Gasteiger partial charge in [-0.15, -0.1) is 5.10 Å². The van der Waals surface area contributed by atoms with E-state index in [1.807, 2.05) is 41.3 Å². The van der Waals surface area contributed by atoms with Crippen molar-refractivity contribution in [3.8, 4) is 0 Å². The molecule has 1 saturated carbocycles. The maximum atomic E-state index is 13.7. The largest absolute Gasteiger partial charge is 0.455 e. The summed E-state index contributed by atoms with van der Waals surface area (Å²) in [6.07, 6.45) is 6.61. The first kappa shape index (κ1) is 24.2. The van der Waals surface area contributed by atoms with Crippen molar-refractivity contribution in [1.29, 1.82) is 0 Å². The Bertz CT molecular complexity index is 1160. The molecule has 1 aliphatic carbocycles. The van der Waals surface area contributed by atoms with Gasteiger partial charge in [0.05, 0.1) is 29.9 Å². The molecule has 1 N–H and O–H groups in total. The Morgan fingerprint density at radius 3 is 2.39 bits per heavy atom. The van der Waals surface area contributed by atoms with Gasteiger partial charge in [-0.3, -0.25) is 4.79 Å². The van der Waals surface area contributed by atoms with Gasteiger partial charge in [0.1, 0.15) is 12.3 Å². The monoisotopic (exact) mass is 488 g/mol. The molecule has 0 bridgehead atoms. The van der Waals surface area contributed by atoms with Crippen molar-refractivity contribution < 1.29 is 19.4 Å². The molecule has 188 valence electrons. The van der Waals surface area contributed by atoms with Crippen molar-refractivity contribution in [2.45, 2.75) is 63.3 Å². The summed E-state index contributed by atoms with van der Waals surface area (Å²) in [5, 5.41) is 19.5. The third-order valence-electron chi connectivity index (χ3n) is 7.35. The lowest BCUT2D eigenvalue weighted by Gasteiger charge is -2.44. The fourth-order valence-corrected chi connectivity index (χ4v) is 5.38. The quantitative estimate of drug-likeness (QED) is 0.525. The highest BCUT2D eigenvalue weighted by molar-refractivity contribution is 5.89. The number of benzene rings is 2. The number of carbonyl (C=O) groups is 2. The fraction of sp³-hybridized carbons (Fsp3) is 0.429. The summed E-state index contributed by atoms with van der Waals surface area (Å²) in [5.74, 6) is -0.236. The summed E-state index contributed by atoms with van der Waals surface area (Å²) >= 11 is 0. The minimum atomic E-state index is -0.702. The fourth-order valence-electron chi connectivity index (χ4n) is 5.38. The number of carbonyl (C=O) groups excluding carboxylic acids is 2. The molecule has 1 amide bonds. The van der Waals surface area contributed by atoms with Gasteiger partial charge >= 0.3 is 5.97 Å². The molecule has 1 saturated heterocycles. The molecule has 3 unspecified atom stereocenters. The zero-order valence-corrected chi connectivity index (χ0v) is 20.3. The number of likely N-dealkylation sites (tertiary alicyclic amines) is 1. The van der Waals surface area contributed by atoms with E-state index in [1.54, 1.807) is 35.1 Å². The number of rotatable bonds is 6. The number of aliphatic hydroxyl groups excluding tert-OH is 1. The van der Waals surface area contributed by atoms with Crippen LogP contribution in [-0.2, 0) is 16.1 Å². The van der Waals surface area contributed by atoms with Crippen LogP contribution in [0.25, 0.3) is 0 Å². The highest BCUT2D eigenvalue weighted by atomic mass is 16.5. The van der Waals surface area contributed by atoms with E-state index in [2.05, 4.69) is 10.3 Å². The summed E-state index contributed by atoms with van der Waals surface area (Å²) in [7, 11) is 0. The maximum Gasteiger partial charge on any atom is 0.338 e. The lowest BCUT2D eigenvalue weighted by molar-refractivity contribution is -0.144. The summed E-state index contributed by atoms with van der Waals surface area (Å²) in [4.78, 5) is 27.9. The van der Waals surface area contributed by atoms with E-state index in [1.165, 1.54) is 6.42 Å². The molecule has 8 heteroatoms. The number of aromatic nitrogens is 3. The zero-order valence-electron chi connectivity index (χ0n) is 20.3. The first-order chi connectivity index (χ1) is 17.6. The number of piperidine rings is 1. The molecular formula is C28H32N4O4. The van der Waals surface area contributed by atoms with Crippen molar-refractivity contribution >= 4 is 11.9 Å². The molecular weight excluding hydrogens is 456 g/mol. The van der Waals surface area contributed by atoms with E-state index < -0.39 is 18.1 Å². The lowest BCUT2D eigenvalue weighted by Crippen LogP contribution is -2.50. The van der Waals surface area contributed by atoms with Crippen LogP contribution in [-0.4, -0.2) is 49.5 Å². The lowest BCUT2D eigenvalue weighted by atomic mass is 9.85. The van der Waals surface area contributed by atoms with Gasteiger partial charge in [-0.1, -0.05) is 73.0 Å². The van der Waals surface area contributed by atoms with E-state index in [-0.39, 0.29) is 24.5 Å². The summed E-state index contributed by atoms with van der Waals surface area (Å²) < 4.78 is 6.98. The molecule has 1 aromatic heterocycles. The third kappa shape index (κ3) is 5.33. The van der Waals surface area contributed by atoms with Gasteiger partial charge in [-0.05, 0) is 30.5 Å². The average molecular weight is 489 g/mol. The molecule has 2 aliphatic rings. The number of hydrogen-bond acceptors (Lipinski definition) is 6. The van der Waals surface area contributed by atoms with Gasteiger partial charge < -0.3 is 14.7 Å². The van der Waals surface area contributed by atoms with E-state index in [0.717, 1.165) is 31.2 Å². The van der Waals surface area contributed by atoms with E-state index >= 15 is 0 Å². The van der Waals surface area contributed by atoms with Crippen LogP contribution in [0.1, 0.15) is 72.2 Å². The predicted octanol–water partition coefficient (Wildman–Crippen LogP) is 4.09. The third-order valence-corrected chi connectivity index (χ3v) is 7.35. The SMILES string of the molecule is O=C(OCc1cn(C2CN(C(=O)C3CCCCC3)C(c3ccccc3)CC2O)nn1)c1ccccc1. The van der Waals surface area contributed by atoms with Crippen LogP contribution < -0.4 is 0 Å². The molecule has 0 spiro atoms. The molecule has 2 fully saturated rings. The molecule has 1 aliphatic heterocycles. The number of ether oxygens (including phenoxy) is 1. The van der Waals surface area contributed by atoms with Gasteiger partial charge in [0.2, 0.25) is 5.91 Å². The van der Waals surface area contributed by atoms with E-state index in [0.29, 0.717) is 24.2 Å². The Morgan fingerprint density at radius 2 is 1.67 bits per heavy atom. The van der Waals surface area contributed by atoms with Gasteiger partial charge in [-0.2, -0.15) is 0 Å². The minimum Gasteiger partial charge on any atom is -0.455 e. The number of esters is 1. The normalized spacial score (nSPS) is 22.8. The van der Waals surface area contributed by atoms with Gasteiger partial charge in [0.25, 0.3) is 0 Å². The summed E-state index contributed by atoms with van der Waals surface area (Å²) in [6.45, 7) is 0.330. The summed E-state index contributed by atoms with van der Waals surface area (Å²) in [6, 6.07) is 18.1. The van der Waals surface area contributed by atoms with Crippen LogP contribution in [0, 0.1) is 5.92 Å². The van der Waals surface area contributed by atoms with E-state index in [9.17, 15) is 14.7 Å². The highest BCUT2D eigenvalue weighted by Gasteiger charge is 2.41. The van der Waals surface area contributed by atoms with Crippen LogP contribution in [0.2, 0.25) is 0 Å². The number of nitrogens with zero attached hydrogens (tertiary/aromatic N) is 4. The van der Waals surface area contributed by atoms with Gasteiger partial charge in [-0.25, -0.2) is 9.48 Å². The van der Waals surface area contributed by atoms with Crippen LogP contribution >= 0.6 is 0 Å². The van der Waals surface area contributed by atoms with Crippen LogP contribution in [0.4, 0.5) is 0 Å². The molecule has 8 nitrogen and oxygen atoms in total. The second-order valence-corrected chi connectivity index (χ2v) is 9.75. The molecule has 2 aromatic carbocycles. The first-order valence-electron chi connectivity index (χ1n) is 12.8. The molecule has 2 heterocycles. The topological polar surface area (TPSA) is 97.5 Å². The number of hydrogen-bond donors (Lipinski definition) is 1. The Kier molecular flexibility index (Phi) is 7.41. The first-order valence-corrected chi connectivity index (χ1v) is 12.8. The Labute approximate surface area is 210 Å². The second-order valence-electron chi connectivity index (χ2n) is 9.75. The van der Waals surface area contributed by atoms with Crippen LogP contribution in [0.15, 0.2) is 66.9 Å². The van der Waals surface area contributed by atoms with Crippen molar-refractivity contribution in [2.75, 3.05) is 6.54 Å². The van der Waals surface area contributed by atoms with Crippen molar-refractivity contribution in [1.82, 2.24) is 19.9 Å². The highest BCUT2D eigenvalue weighted by Crippen LogP contribution is 2.38. The van der Waals surface area contributed by atoms with Crippen molar-refractivity contribution in [2.24, 2.45) is 5.92 Å². The molecule has 3 atom stereocenters. The second kappa shape index (κ2) is 11.0. The molecule has 36 heavy (non-hydrogen) atoms. The number of amides is 1. The smallest absolute Gasteiger partial charge is 0.338 e. The average Bonchev–Trinajstić information content (AvgIpc) is 3.41. The molecule has 0 radical (unpaired) electrons.